The van der Waals surface area contributed by atoms with Crippen LogP contribution < -0.4 is 5.32 Å². The number of likely N-dealkylation sites (N-methyl/N-ethyl adjacent to an activating group) is 1. The van der Waals surface area contributed by atoms with Gasteiger partial charge in [-0.05, 0) is 78.8 Å². The Hall–Kier alpha value is -3.66. The lowest BCUT2D eigenvalue weighted by atomic mass is 9.72. The van der Waals surface area contributed by atoms with Crippen molar-refractivity contribution in [2.75, 3.05) is 45.7 Å². The number of benzene rings is 1. The van der Waals surface area contributed by atoms with E-state index in [4.69, 9.17) is 28.4 Å². The quantitative estimate of drug-likeness (QED) is 0.263. The van der Waals surface area contributed by atoms with Gasteiger partial charge in [-0.1, -0.05) is 52.0 Å². The maximum atomic E-state index is 14.9. The third kappa shape index (κ3) is 8.32. The molecule has 60 heavy (non-hydrogen) atoms. The van der Waals surface area contributed by atoms with Crippen molar-refractivity contribution in [3.63, 3.8) is 0 Å². The summed E-state index contributed by atoms with van der Waals surface area (Å²) >= 11 is 0. The van der Waals surface area contributed by atoms with Crippen LogP contribution in [0.2, 0.25) is 0 Å². The molecular formula is C46H66N4O10. The molecule has 5 fully saturated rings. The van der Waals surface area contributed by atoms with Crippen molar-refractivity contribution < 1.29 is 47.9 Å². The number of para-hydroxylation sites is 1. The molecule has 6 bridgehead atoms. The van der Waals surface area contributed by atoms with Crippen molar-refractivity contribution >= 4 is 34.4 Å². The van der Waals surface area contributed by atoms with Gasteiger partial charge < -0.3 is 43.7 Å². The van der Waals surface area contributed by atoms with Crippen LogP contribution >= 0.6 is 0 Å². The van der Waals surface area contributed by atoms with Crippen molar-refractivity contribution in [2.24, 2.45) is 29.6 Å². The minimum atomic E-state index is -1.34. The lowest BCUT2D eigenvalue weighted by Gasteiger charge is -2.48. The zero-order chi connectivity index (χ0) is 43.3. The molecule has 6 heterocycles. The second-order valence-electron chi connectivity index (χ2n) is 18.7. The highest BCUT2D eigenvalue weighted by atomic mass is 16.7. The van der Waals surface area contributed by atoms with Crippen LogP contribution in [-0.4, -0.2) is 138 Å². The van der Waals surface area contributed by atoms with Crippen molar-refractivity contribution in [3.8, 4) is 0 Å². The summed E-state index contributed by atoms with van der Waals surface area (Å²) in [5.74, 6) is -3.56. The smallest absolute Gasteiger partial charge is 0.411 e. The van der Waals surface area contributed by atoms with Crippen LogP contribution in [0.25, 0.3) is 10.9 Å². The lowest BCUT2D eigenvalue weighted by Crippen LogP contribution is -2.61. The third-order valence-electron chi connectivity index (χ3n) is 14.2. The topological polar surface area (TPSA) is 158 Å². The van der Waals surface area contributed by atoms with Gasteiger partial charge in [-0.3, -0.25) is 19.5 Å². The Bertz CT molecular complexity index is 1920. The molecule has 3 unspecified atom stereocenters. The molecule has 5 aliphatic rings. The van der Waals surface area contributed by atoms with E-state index in [-0.39, 0.29) is 44.1 Å². The summed E-state index contributed by atoms with van der Waals surface area (Å²) in [4.78, 5) is 51.8. The predicted octanol–water partition coefficient (Wildman–Crippen LogP) is 5.61. The maximum absolute atomic E-state index is 14.9. The summed E-state index contributed by atoms with van der Waals surface area (Å²) in [5, 5.41) is 16.3. The molecule has 2 aromatic rings. The van der Waals surface area contributed by atoms with E-state index in [0.717, 1.165) is 22.2 Å². The zero-order valence-electron chi connectivity index (χ0n) is 37.0. The first kappa shape index (κ1) is 44.4. The van der Waals surface area contributed by atoms with Gasteiger partial charge >= 0.3 is 12.1 Å². The summed E-state index contributed by atoms with van der Waals surface area (Å²) in [5.41, 5.74) is 0.153. The number of rotatable bonds is 7. The molecular weight excluding hydrogens is 769 g/mol. The molecule has 0 aliphatic carbocycles. The van der Waals surface area contributed by atoms with Crippen molar-refractivity contribution in [1.82, 2.24) is 14.8 Å². The van der Waals surface area contributed by atoms with E-state index >= 15 is 0 Å². The van der Waals surface area contributed by atoms with Crippen LogP contribution in [0.3, 0.4) is 0 Å². The Balaban J connectivity index is 1.38. The number of aliphatic hydroxyl groups excluding tert-OH is 1. The van der Waals surface area contributed by atoms with Gasteiger partial charge in [0.25, 0.3) is 0 Å². The fraction of sp³-hybridized carbons (Fsp3) is 0.696. The van der Waals surface area contributed by atoms with Crippen molar-refractivity contribution in [1.29, 1.82) is 0 Å². The molecule has 2 N–H and O–H groups in total. The molecule has 7 rings (SSSR count). The molecule has 330 valence electrons. The zero-order valence-corrected chi connectivity index (χ0v) is 37.0. The number of aliphatic hydroxyl groups is 1. The standard InChI is InChI=1S/C46H66N4O10/c1-11-36-46(8)40-27(4)37(51)25(2)21-45(7)41(59-43-38(52)35(49(9)10)20-26(3)57-43)28(5)39(29(6)42(53)58-36)55-23-31(24-56-45)30(22-50(40)44(54)60-46)16-18-47-34-17-19-48-33-15-13-12-14-32(33)34/h12-17,19,25-29,31,35-36,38-41,43,52H,11,18,20-24H2,1-10H3,(H,47,48)/b30-16-/t25-,26-,27+,28+,29-,31?,35+,36-,38-,39+,40+,41-,43+,45?,46?/m1/s1. The third-order valence-corrected chi connectivity index (χ3v) is 14.2. The molecule has 5 aliphatic heterocycles. The molecule has 1 aromatic heterocycles. The highest BCUT2D eigenvalue weighted by Gasteiger charge is 2.61. The molecule has 14 nitrogen and oxygen atoms in total. The largest absolute Gasteiger partial charge is 0.458 e. The second-order valence-corrected chi connectivity index (χ2v) is 18.7. The number of nitrogens with one attached hydrogen (secondary N) is 1. The Morgan fingerprint density at radius 1 is 1.05 bits per heavy atom. The van der Waals surface area contributed by atoms with Crippen LogP contribution in [0.1, 0.15) is 74.7 Å². The van der Waals surface area contributed by atoms with Crippen LogP contribution in [0, 0.1) is 29.6 Å². The minimum absolute atomic E-state index is 0.0748. The van der Waals surface area contributed by atoms with Crippen LogP contribution in [-0.2, 0) is 38.0 Å². The number of ether oxygens (including phenoxy) is 6. The van der Waals surface area contributed by atoms with E-state index in [1.54, 1.807) is 24.9 Å². The SMILES string of the molecule is CC[C@H]1OC(=O)[C@H](C)[C@H]2OCC3COC(C)(C[C@@H](C)C(=O)[C@H](C)[C@@H]4N(C/C3=C/CNc3ccnc5ccccc35)C(=O)OC41C)[C@H](O[C@@H]1O[C@H](C)C[C@H](N(C)C)[C@H]1O)[C@H]2C. The van der Waals surface area contributed by atoms with Crippen molar-refractivity contribution in [2.45, 2.75) is 135 Å². The van der Waals surface area contributed by atoms with Gasteiger partial charge in [0.15, 0.2) is 11.9 Å². The number of amides is 1. The highest BCUT2D eigenvalue weighted by molar-refractivity contribution is 5.91. The van der Waals surface area contributed by atoms with Gasteiger partial charge in [0.2, 0.25) is 0 Å². The molecule has 0 saturated carbocycles. The number of aromatic nitrogens is 1. The fourth-order valence-electron chi connectivity index (χ4n) is 10.9. The maximum Gasteiger partial charge on any atom is 0.411 e. The number of hydrogen-bond donors (Lipinski definition) is 2. The summed E-state index contributed by atoms with van der Waals surface area (Å²) in [6, 6.07) is 8.87. The van der Waals surface area contributed by atoms with Gasteiger partial charge in [0, 0.05) is 60.1 Å². The average molecular weight is 835 g/mol. The van der Waals surface area contributed by atoms with Gasteiger partial charge in [0.05, 0.1) is 54.6 Å². The monoisotopic (exact) mass is 834 g/mol. The van der Waals surface area contributed by atoms with Crippen LogP contribution in [0.4, 0.5) is 10.5 Å². The van der Waals surface area contributed by atoms with Gasteiger partial charge in [-0.15, -0.1) is 0 Å². The normalized spacial score (nSPS) is 41.1. The van der Waals surface area contributed by atoms with Gasteiger partial charge in [-0.25, -0.2) is 4.79 Å². The van der Waals surface area contributed by atoms with E-state index in [1.807, 2.05) is 90.9 Å². The molecule has 1 aromatic carbocycles. The van der Waals surface area contributed by atoms with Crippen LogP contribution in [0.5, 0.6) is 0 Å². The molecule has 0 radical (unpaired) electrons. The highest BCUT2D eigenvalue weighted by Crippen LogP contribution is 2.46. The van der Waals surface area contributed by atoms with E-state index in [9.17, 15) is 19.5 Å². The first-order valence-electron chi connectivity index (χ1n) is 21.9. The number of pyridine rings is 1. The average Bonchev–Trinajstić information content (AvgIpc) is 3.49. The summed E-state index contributed by atoms with van der Waals surface area (Å²) in [6.45, 7) is 16.0. The molecule has 5 saturated heterocycles. The van der Waals surface area contributed by atoms with Gasteiger partial charge in [0.1, 0.15) is 18.0 Å². The first-order valence-corrected chi connectivity index (χ1v) is 21.9. The first-order chi connectivity index (χ1) is 28.5. The number of ketones is 1. The number of carbonyl (C=O) groups is 3. The Morgan fingerprint density at radius 2 is 1.80 bits per heavy atom. The summed E-state index contributed by atoms with van der Waals surface area (Å²) in [6.07, 6.45) is -0.140. The lowest BCUT2D eigenvalue weighted by molar-refractivity contribution is -0.302. The number of fused-ring (bicyclic) bond motifs is 6. The van der Waals surface area contributed by atoms with E-state index < -0.39 is 89.6 Å². The second kappa shape index (κ2) is 17.6. The molecule has 15 atom stereocenters. The number of cyclic esters (lactones) is 1. The van der Waals surface area contributed by atoms with Crippen LogP contribution in [0.15, 0.2) is 48.2 Å². The fourth-order valence-corrected chi connectivity index (χ4v) is 10.9. The Morgan fingerprint density at radius 3 is 2.53 bits per heavy atom. The summed E-state index contributed by atoms with van der Waals surface area (Å²) in [7, 11) is 3.86. The van der Waals surface area contributed by atoms with Gasteiger partial charge in [-0.2, -0.15) is 0 Å². The molecule has 0 spiro atoms. The van der Waals surface area contributed by atoms with E-state index in [1.165, 1.54) is 0 Å². The Labute approximate surface area is 354 Å². The summed E-state index contributed by atoms with van der Waals surface area (Å²) < 4.78 is 40.2. The van der Waals surface area contributed by atoms with E-state index in [0.29, 0.717) is 19.4 Å². The number of nitrogens with zero attached hydrogens (tertiary/aromatic N) is 3. The van der Waals surface area contributed by atoms with E-state index in [2.05, 4.69) is 16.4 Å². The number of anilines is 1. The number of hydrogen-bond acceptors (Lipinski definition) is 13. The number of carbonyl (C=O) groups excluding carboxylic acids is 3. The predicted molar refractivity (Wildman–Crippen MR) is 225 cm³/mol. The number of Topliss-reactive ketones (excluding diaryl/α,β-unsaturated/α-hetero) is 1. The Kier molecular flexibility index (Phi) is 13.0. The molecule has 14 heteroatoms. The minimum Gasteiger partial charge on any atom is -0.458 e. The van der Waals surface area contributed by atoms with Crippen molar-refractivity contribution in [3.05, 3.63) is 48.2 Å². The molecule has 1 amide bonds. The number of esters is 1.